The molecular formula is C14H11ClOS. The fourth-order valence-corrected chi connectivity index (χ4v) is 2.84. The molecule has 0 aliphatic heterocycles. The van der Waals surface area contributed by atoms with Gasteiger partial charge in [0.05, 0.1) is 5.02 Å². The second kappa shape index (κ2) is 5.89. The molecule has 0 amide bonds. The van der Waals surface area contributed by atoms with Crippen LogP contribution in [0.1, 0.15) is 15.9 Å². The summed E-state index contributed by atoms with van der Waals surface area (Å²) in [6.07, 6.45) is 0.846. The predicted octanol–water partition coefficient (Wildman–Crippen LogP) is 4.44. The Morgan fingerprint density at radius 1 is 1.06 bits per heavy atom. The van der Waals surface area contributed by atoms with E-state index in [1.807, 2.05) is 24.3 Å². The number of hydrogen-bond acceptors (Lipinski definition) is 2. The Hall–Kier alpha value is -1.25. The van der Waals surface area contributed by atoms with Crippen molar-refractivity contribution >= 4 is 29.6 Å². The van der Waals surface area contributed by atoms with Gasteiger partial charge in [0.25, 0.3) is 0 Å². The van der Waals surface area contributed by atoms with Crippen LogP contribution >= 0.6 is 23.4 Å². The summed E-state index contributed by atoms with van der Waals surface area (Å²) in [5, 5.41) is 0.635. The highest BCUT2D eigenvalue weighted by molar-refractivity contribution is 7.98. The van der Waals surface area contributed by atoms with Crippen LogP contribution in [0, 0.1) is 0 Å². The van der Waals surface area contributed by atoms with E-state index < -0.39 is 0 Å². The topological polar surface area (TPSA) is 17.1 Å². The van der Waals surface area contributed by atoms with E-state index in [9.17, 15) is 4.79 Å². The van der Waals surface area contributed by atoms with Crippen molar-refractivity contribution in [3.05, 3.63) is 64.7 Å². The highest BCUT2D eigenvalue weighted by Gasteiger charge is 2.06. The highest BCUT2D eigenvalue weighted by atomic mass is 35.5. The van der Waals surface area contributed by atoms with Gasteiger partial charge in [-0.2, -0.15) is 0 Å². The van der Waals surface area contributed by atoms with Crippen LogP contribution < -0.4 is 0 Å². The molecule has 2 aromatic carbocycles. The van der Waals surface area contributed by atoms with Gasteiger partial charge in [0.15, 0.2) is 6.29 Å². The Balaban J connectivity index is 2.16. The lowest BCUT2D eigenvalue weighted by molar-refractivity contribution is 0.112. The molecule has 0 atom stereocenters. The summed E-state index contributed by atoms with van der Waals surface area (Å²) in [6, 6.07) is 15.5. The molecule has 0 N–H and O–H groups in total. The van der Waals surface area contributed by atoms with Crippen molar-refractivity contribution in [2.24, 2.45) is 0 Å². The Kier molecular flexibility index (Phi) is 4.24. The van der Waals surface area contributed by atoms with E-state index in [-0.39, 0.29) is 0 Å². The molecule has 0 saturated heterocycles. The molecule has 3 heteroatoms. The van der Waals surface area contributed by atoms with Crippen LogP contribution in [0.15, 0.2) is 53.4 Å². The van der Waals surface area contributed by atoms with Crippen LogP contribution in [0.3, 0.4) is 0 Å². The Bertz CT molecular complexity index is 511. The lowest BCUT2D eigenvalue weighted by atomic mass is 10.2. The number of hydrogen-bond donors (Lipinski definition) is 0. The van der Waals surface area contributed by atoms with E-state index in [1.165, 1.54) is 5.56 Å². The van der Waals surface area contributed by atoms with Crippen molar-refractivity contribution in [2.45, 2.75) is 10.6 Å². The quantitative estimate of drug-likeness (QED) is 0.598. The molecule has 0 bridgehead atoms. The van der Waals surface area contributed by atoms with E-state index in [0.717, 1.165) is 16.9 Å². The molecule has 0 saturated carbocycles. The lowest BCUT2D eigenvalue weighted by Crippen LogP contribution is -1.87. The standard InChI is InChI=1S/C14H11ClOS/c15-13-8-4-7-12(9-16)14(13)17-10-11-5-2-1-3-6-11/h1-9H,10H2. The molecular weight excluding hydrogens is 252 g/mol. The van der Waals surface area contributed by atoms with Gasteiger partial charge in [0.1, 0.15) is 0 Å². The molecule has 17 heavy (non-hydrogen) atoms. The average Bonchev–Trinajstić information content (AvgIpc) is 2.38. The minimum atomic E-state index is 0.635. The van der Waals surface area contributed by atoms with Gasteiger partial charge in [-0.3, -0.25) is 4.79 Å². The number of thioether (sulfide) groups is 1. The maximum atomic E-state index is 10.9. The summed E-state index contributed by atoms with van der Waals surface area (Å²) in [5.74, 6) is 0.811. The van der Waals surface area contributed by atoms with Crippen LogP contribution in [0.2, 0.25) is 5.02 Å². The van der Waals surface area contributed by atoms with Crippen LogP contribution in [0.25, 0.3) is 0 Å². The van der Waals surface area contributed by atoms with Crippen molar-refractivity contribution in [3.63, 3.8) is 0 Å². The van der Waals surface area contributed by atoms with Gasteiger partial charge in [0.2, 0.25) is 0 Å². The molecule has 1 nitrogen and oxygen atoms in total. The molecule has 0 fully saturated rings. The molecule has 0 radical (unpaired) electrons. The summed E-state index contributed by atoms with van der Waals surface area (Å²) < 4.78 is 0. The maximum absolute atomic E-state index is 10.9. The first-order valence-electron chi connectivity index (χ1n) is 5.21. The third kappa shape index (κ3) is 3.11. The molecule has 0 aliphatic carbocycles. The van der Waals surface area contributed by atoms with Crippen LogP contribution in [0.5, 0.6) is 0 Å². The molecule has 2 rings (SSSR count). The first-order valence-corrected chi connectivity index (χ1v) is 6.58. The number of benzene rings is 2. The van der Waals surface area contributed by atoms with Crippen molar-refractivity contribution < 1.29 is 4.79 Å². The van der Waals surface area contributed by atoms with E-state index in [0.29, 0.717) is 10.6 Å². The van der Waals surface area contributed by atoms with Gasteiger partial charge in [0, 0.05) is 16.2 Å². The second-order valence-corrected chi connectivity index (χ2v) is 4.94. The molecule has 2 aromatic rings. The average molecular weight is 263 g/mol. The lowest BCUT2D eigenvalue weighted by Gasteiger charge is -2.06. The van der Waals surface area contributed by atoms with Crippen LogP contribution in [-0.4, -0.2) is 6.29 Å². The minimum absolute atomic E-state index is 0.635. The third-order valence-electron chi connectivity index (χ3n) is 2.35. The van der Waals surface area contributed by atoms with Gasteiger partial charge in [-0.05, 0) is 11.6 Å². The van der Waals surface area contributed by atoms with Gasteiger partial charge in [-0.15, -0.1) is 11.8 Å². The molecule has 0 aliphatic rings. The summed E-state index contributed by atoms with van der Waals surface area (Å²) in [6.45, 7) is 0. The zero-order valence-electron chi connectivity index (χ0n) is 9.10. The summed E-state index contributed by atoms with van der Waals surface area (Å²) in [5.41, 5.74) is 1.87. The monoisotopic (exact) mass is 262 g/mol. The van der Waals surface area contributed by atoms with E-state index >= 15 is 0 Å². The van der Waals surface area contributed by atoms with Gasteiger partial charge < -0.3 is 0 Å². The Morgan fingerprint density at radius 3 is 2.53 bits per heavy atom. The van der Waals surface area contributed by atoms with Gasteiger partial charge in [-0.25, -0.2) is 0 Å². The third-order valence-corrected chi connectivity index (χ3v) is 4.00. The summed E-state index contributed by atoms with van der Waals surface area (Å²) in [4.78, 5) is 11.8. The molecule has 0 aromatic heterocycles. The zero-order valence-corrected chi connectivity index (χ0v) is 10.7. The molecule has 0 heterocycles. The fourth-order valence-electron chi connectivity index (χ4n) is 1.50. The van der Waals surface area contributed by atoms with E-state index in [1.54, 1.807) is 23.9 Å². The fraction of sp³-hybridized carbons (Fsp3) is 0.0714. The zero-order chi connectivity index (χ0) is 12.1. The summed E-state index contributed by atoms with van der Waals surface area (Å²) >= 11 is 7.68. The molecule has 0 unspecified atom stereocenters. The van der Waals surface area contributed by atoms with Crippen molar-refractivity contribution in [1.82, 2.24) is 0 Å². The minimum Gasteiger partial charge on any atom is -0.298 e. The smallest absolute Gasteiger partial charge is 0.151 e. The Morgan fingerprint density at radius 2 is 1.82 bits per heavy atom. The number of carbonyl (C=O) groups is 1. The van der Waals surface area contributed by atoms with Crippen molar-refractivity contribution in [3.8, 4) is 0 Å². The van der Waals surface area contributed by atoms with Crippen molar-refractivity contribution in [2.75, 3.05) is 0 Å². The van der Waals surface area contributed by atoms with Crippen LogP contribution in [-0.2, 0) is 5.75 Å². The van der Waals surface area contributed by atoms with E-state index in [2.05, 4.69) is 12.1 Å². The predicted molar refractivity (Wildman–Crippen MR) is 72.8 cm³/mol. The van der Waals surface area contributed by atoms with Crippen molar-refractivity contribution in [1.29, 1.82) is 0 Å². The van der Waals surface area contributed by atoms with Crippen LogP contribution in [0.4, 0.5) is 0 Å². The number of halogens is 1. The Labute approximate surface area is 110 Å². The molecule has 0 spiro atoms. The normalized spacial score (nSPS) is 10.2. The first kappa shape index (κ1) is 12.2. The maximum Gasteiger partial charge on any atom is 0.151 e. The molecule has 86 valence electrons. The number of aldehydes is 1. The van der Waals surface area contributed by atoms with Gasteiger partial charge >= 0.3 is 0 Å². The summed E-state index contributed by atoms with van der Waals surface area (Å²) in [7, 11) is 0. The van der Waals surface area contributed by atoms with Gasteiger partial charge in [-0.1, -0.05) is 54.1 Å². The first-order chi connectivity index (χ1) is 8.31. The number of rotatable bonds is 4. The number of carbonyl (C=O) groups excluding carboxylic acids is 1. The van der Waals surface area contributed by atoms with E-state index in [4.69, 9.17) is 11.6 Å². The second-order valence-electron chi connectivity index (χ2n) is 3.55. The SMILES string of the molecule is O=Cc1cccc(Cl)c1SCc1ccccc1. The highest BCUT2D eigenvalue weighted by Crippen LogP contribution is 2.32. The largest absolute Gasteiger partial charge is 0.298 e.